The molecule has 2 aromatic rings. The van der Waals surface area contributed by atoms with Crippen molar-refractivity contribution >= 4 is 39.1 Å². The topological polar surface area (TPSA) is 0 Å². The Morgan fingerprint density at radius 3 is 2.32 bits per heavy atom. The van der Waals surface area contributed by atoms with E-state index in [2.05, 4.69) is 48.0 Å². The van der Waals surface area contributed by atoms with Crippen LogP contribution >= 0.6 is 39.1 Å². The van der Waals surface area contributed by atoms with Crippen LogP contribution in [0.25, 0.3) is 0 Å². The van der Waals surface area contributed by atoms with E-state index >= 15 is 0 Å². The molecule has 0 aliphatic rings. The summed E-state index contributed by atoms with van der Waals surface area (Å²) in [7, 11) is 0. The molecule has 0 aromatic heterocycles. The van der Waals surface area contributed by atoms with Crippen LogP contribution in [0, 0.1) is 13.8 Å². The van der Waals surface area contributed by atoms with Gasteiger partial charge in [0.05, 0.1) is 10.0 Å². The first-order valence-electron chi connectivity index (χ1n) is 6.12. The molecule has 0 amide bonds. The van der Waals surface area contributed by atoms with Crippen molar-refractivity contribution in [2.75, 3.05) is 0 Å². The summed E-state index contributed by atoms with van der Waals surface area (Å²) in [4.78, 5) is 0.282. The minimum Gasteiger partial charge on any atom is -0.0835 e. The van der Waals surface area contributed by atoms with E-state index < -0.39 is 0 Å². The van der Waals surface area contributed by atoms with Crippen molar-refractivity contribution in [1.29, 1.82) is 0 Å². The van der Waals surface area contributed by atoms with Crippen molar-refractivity contribution in [1.82, 2.24) is 0 Å². The summed E-state index contributed by atoms with van der Waals surface area (Å²) in [6.45, 7) is 4.26. The molecular formula is C16H15BrCl2. The summed E-state index contributed by atoms with van der Waals surface area (Å²) in [5.41, 5.74) is 5.10. The fraction of sp³-hybridized carbons (Fsp3) is 0.250. The van der Waals surface area contributed by atoms with Gasteiger partial charge < -0.3 is 0 Å². The summed E-state index contributed by atoms with van der Waals surface area (Å²) >= 11 is 15.7. The summed E-state index contributed by atoms with van der Waals surface area (Å²) in [5, 5.41) is 1.21. The number of hydrogen-bond acceptors (Lipinski definition) is 0. The molecule has 0 saturated heterocycles. The highest BCUT2D eigenvalue weighted by Crippen LogP contribution is 2.30. The third-order valence-electron chi connectivity index (χ3n) is 3.29. The minimum atomic E-state index is 0.282. The highest BCUT2D eigenvalue weighted by molar-refractivity contribution is 9.09. The van der Waals surface area contributed by atoms with Gasteiger partial charge >= 0.3 is 0 Å². The van der Waals surface area contributed by atoms with Gasteiger partial charge in [0.1, 0.15) is 0 Å². The van der Waals surface area contributed by atoms with E-state index in [-0.39, 0.29) is 4.83 Å². The first-order valence-corrected chi connectivity index (χ1v) is 7.79. The molecule has 1 unspecified atom stereocenters. The minimum absolute atomic E-state index is 0.282. The van der Waals surface area contributed by atoms with E-state index in [9.17, 15) is 0 Å². The molecular weight excluding hydrogens is 343 g/mol. The van der Waals surface area contributed by atoms with Crippen LogP contribution in [-0.4, -0.2) is 0 Å². The van der Waals surface area contributed by atoms with Crippen LogP contribution in [0.3, 0.4) is 0 Å². The van der Waals surface area contributed by atoms with Crippen molar-refractivity contribution < 1.29 is 0 Å². The fourth-order valence-electron chi connectivity index (χ4n) is 1.95. The van der Waals surface area contributed by atoms with Crippen LogP contribution in [0.1, 0.15) is 27.1 Å². The van der Waals surface area contributed by atoms with Crippen molar-refractivity contribution in [3.05, 3.63) is 68.7 Å². The smallest absolute Gasteiger partial charge is 0.0595 e. The van der Waals surface area contributed by atoms with E-state index in [1.54, 1.807) is 0 Å². The van der Waals surface area contributed by atoms with Gasteiger partial charge in [-0.3, -0.25) is 0 Å². The molecule has 100 valence electrons. The number of alkyl halides is 1. The number of benzene rings is 2. The molecule has 0 aliphatic heterocycles. The molecule has 0 bridgehead atoms. The van der Waals surface area contributed by atoms with E-state index in [4.69, 9.17) is 23.2 Å². The average Bonchev–Trinajstić information content (AvgIpc) is 2.37. The predicted molar refractivity (Wildman–Crippen MR) is 87.8 cm³/mol. The Kier molecular flexibility index (Phi) is 4.94. The van der Waals surface area contributed by atoms with Gasteiger partial charge in [-0.1, -0.05) is 63.4 Å². The summed E-state index contributed by atoms with van der Waals surface area (Å²) in [6.07, 6.45) is 0.888. The molecule has 0 N–H and O–H groups in total. The zero-order valence-electron chi connectivity index (χ0n) is 10.9. The van der Waals surface area contributed by atoms with Crippen LogP contribution in [-0.2, 0) is 6.42 Å². The lowest BCUT2D eigenvalue weighted by Gasteiger charge is -2.13. The molecule has 0 spiro atoms. The van der Waals surface area contributed by atoms with Crippen LogP contribution in [0.5, 0.6) is 0 Å². The van der Waals surface area contributed by atoms with Crippen LogP contribution < -0.4 is 0 Å². The standard InChI is InChI=1S/C16H15BrCl2/c1-10-3-5-13(7-11(10)2)14(17)8-12-4-6-15(18)16(19)9-12/h3-7,9,14H,8H2,1-2H3. The quantitative estimate of drug-likeness (QED) is 0.566. The van der Waals surface area contributed by atoms with Gasteiger partial charge in [-0.2, -0.15) is 0 Å². The lowest BCUT2D eigenvalue weighted by atomic mass is 10.0. The molecule has 1 atom stereocenters. The molecule has 0 heterocycles. The SMILES string of the molecule is Cc1ccc(C(Br)Cc2ccc(Cl)c(Cl)c2)cc1C. The van der Waals surface area contributed by atoms with Gasteiger partial charge in [0.2, 0.25) is 0 Å². The molecule has 2 rings (SSSR count). The van der Waals surface area contributed by atoms with Crippen molar-refractivity contribution in [2.45, 2.75) is 25.1 Å². The lowest BCUT2D eigenvalue weighted by molar-refractivity contribution is 0.945. The highest BCUT2D eigenvalue weighted by Gasteiger charge is 2.10. The van der Waals surface area contributed by atoms with E-state index in [0.29, 0.717) is 10.0 Å². The van der Waals surface area contributed by atoms with Crippen LogP contribution in [0.15, 0.2) is 36.4 Å². The Labute approximate surface area is 132 Å². The molecule has 0 saturated carbocycles. The zero-order chi connectivity index (χ0) is 14.0. The van der Waals surface area contributed by atoms with Crippen molar-refractivity contribution in [2.24, 2.45) is 0 Å². The zero-order valence-corrected chi connectivity index (χ0v) is 14.0. The maximum atomic E-state index is 6.04. The average molecular weight is 358 g/mol. The maximum Gasteiger partial charge on any atom is 0.0595 e. The highest BCUT2D eigenvalue weighted by atomic mass is 79.9. The monoisotopic (exact) mass is 356 g/mol. The van der Waals surface area contributed by atoms with Gasteiger partial charge in [0.15, 0.2) is 0 Å². The van der Waals surface area contributed by atoms with E-state index in [0.717, 1.165) is 6.42 Å². The van der Waals surface area contributed by atoms with Gasteiger partial charge in [0, 0.05) is 4.83 Å². The van der Waals surface area contributed by atoms with Gasteiger partial charge in [-0.15, -0.1) is 0 Å². The molecule has 0 aliphatic carbocycles. The lowest BCUT2D eigenvalue weighted by Crippen LogP contribution is -1.97. The molecule has 3 heteroatoms. The van der Waals surface area contributed by atoms with Crippen LogP contribution in [0.2, 0.25) is 10.0 Å². The Hall–Kier alpha value is -0.500. The Balaban J connectivity index is 2.17. The molecule has 19 heavy (non-hydrogen) atoms. The Morgan fingerprint density at radius 2 is 1.68 bits per heavy atom. The van der Waals surface area contributed by atoms with Gasteiger partial charge in [0.25, 0.3) is 0 Å². The second kappa shape index (κ2) is 6.30. The summed E-state index contributed by atoms with van der Waals surface area (Å²) in [5.74, 6) is 0. The Morgan fingerprint density at radius 1 is 0.947 bits per heavy atom. The number of aryl methyl sites for hydroxylation is 2. The van der Waals surface area contributed by atoms with Gasteiger partial charge in [-0.25, -0.2) is 0 Å². The fourth-order valence-corrected chi connectivity index (χ4v) is 2.93. The molecule has 0 fully saturated rings. The Bertz CT molecular complexity index is 593. The van der Waals surface area contributed by atoms with E-state index in [1.165, 1.54) is 22.3 Å². The molecule has 0 radical (unpaired) electrons. The third kappa shape index (κ3) is 3.75. The third-order valence-corrected chi connectivity index (χ3v) is 4.88. The first kappa shape index (κ1) is 14.9. The molecule has 0 nitrogen and oxygen atoms in total. The molecule has 2 aromatic carbocycles. The predicted octanol–water partition coefficient (Wildman–Crippen LogP) is 6.29. The summed E-state index contributed by atoms with van der Waals surface area (Å²) in [6, 6.07) is 12.3. The normalized spacial score (nSPS) is 12.5. The maximum absolute atomic E-state index is 6.04. The second-order valence-corrected chi connectivity index (χ2v) is 6.68. The van der Waals surface area contributed by atoms with Crippen molar-refractivity contribution in [3.8, 4) is 0 Å². The number of hydrogen-bond donors (Lipinski definition) is 0. The first-order chi connectivity index (χ1) is 8.97. The summed E-state index contributed by atoms with van der Waals surface area (Å²) < 4.78 is 0. The van der Waals surface area contributed by atoms with E-state index in [1.807, 2.05) is 18.2 Å². The second-order valence-electron chi connectivity index (χ2n) is 4.76. The van der Waals surface area contributed by atoms with Gasteiger partial charge in [-0.05, 0) is 54.7 Å². The number of rotatable bonds is 3. The van der Waals surface area contributed by atoms with Crippen molar-refractivity contribution in [3.63, 3.8) is 0 Å². The van der Waals surface area contributed by atoms with Crippen LogP contribution in [0.4, 0.5) is 0 Å². The number of halogens is 3. The largest absolute Gasteiger partial charge is 0.0835 e.